The van der Waals surface area contributed by atoms with E-state index in [2.05, 4.69) is 19.8 Å². The Bertz CT molecular complexity index is 643. The highest BCUT2D eigenvalue weighted by Gasteiger charge is 2.12. The van der Waals surface area contributed by atoms with Gasteiger partial charge in [0.2, 0.25) is 5.88 Å². The number of esters is 1. The molecule has 0 saturated heterocycles. The molecule has 0 fully saturated rings. The van der Waals surface area contributed by atoms with Crippen molar-refractivity contribution in [3.05, 3.63) is 29.7 Å². The van der Waals surface area contributed by atoms with E-state index < -0.39 is 11.8 Å². The minimum absolute atomic E-state index is 0.0425. The van der Waals surface area contributed by atoms with Crippen LogP contribution in [0, 0.1) is 11.3 Å². The zero-order valence-electron chi connectivity index (χ0n) is 9.23. The number of rotatable bonds is 2. The van der Waals surface area contributed by atoms with Crippen molar-refractivity contribution < 1.29 is 14.6 Å². The topological polar surface area (TPSA) is 114 Å². The third-order valence-electron chi connectivity index (χ3n) is 2.08. The molecule has 2 heterocycles. The maximum atomic E-state index is 11.2. The number of hydrogen-bond acceptors (Lipinski definition) is 7. The van der Waals surface area contributed by atoms with Crippen LogP contribution in [-0.2, 0) is 4.74 Å². The standard InChI is InChI=1S/C10H7N5O3/c1-18-9(17)7-4-13-15(5-7)10-12-3-6(2-11)8(16)14-10/h3-5H,1H3,(H,12,14,16). The lowest BCUT2D eigenvalue weighted by Gasteiger charge is -2.00. The van der Waals surface area contributed by atoms with Gasteiger partial charge in [0, 0.05) is 6.20 Å². The van der Waals surface area contributed by atoms with E-state index in [4.69, 9.17) is 5.26 Å². The van der Waals surface area contributed by atoms with E-state index >= 15 is 0 Å². The molecule has 0 aliphatic heterocycles. The van der Waals surface area contributed by atoms with Gasteiger partial charge in [0.25, 0.3) is 5.95 Å². The number of aromatic nitrogens is 4. The monoisotopic (exact) mass is 245 g/mol. The number of nitrogens with zero attached hydrogens (tertiary/aromatic N) is 5. The van der Waals surface area contributed by atoms with Crippen LogP contribution in [0.2, 0.25) is 0 Å². The van der Waals surface area contributed by atoms with Crippen molar-refractivity contribution in [2.24, 2.45) is 0 Å². The van der Waals surface area contributed by atoms with Gasteiger partial charge in [-0.25, -0.2) is 14.5 Å². The first kappa shape index (κ1) is 11.5. The van der Waals surface area contributed by atoms with Crippen molar-refractivity contribution in [1.29, 1.82) is 5.26 Å². The van der Waals surface area contributed by atoms with Crippen LogP contribution in [0.4, 0.5) is 0 Å². The van der Waals surface area contributed by atoms with E-state index in [-0.39, 0.29) is 17.1 Å². The summed E-state index contributed by atoms with van der Waals surface area (Å²) in [5.74, 6) is -0.946. The summed E-state index contributed by atoms with van der Waals surface area (Å²) in [6.07, 6.45) is 3.80. The highest BCUT2D eigenvalue weighted by molar-refractivity contribution is 5.88. The zero-order chi connectivity index (χ0) is 13.1. The first-order chi connectivity index (χ1) is 8.65. The average molecular weight is 245 g/mol. The lowest BCUT2D eigenvalue weighted by molar-refractivity contribution is 0.0600. The predicted molar refractivity (Wildman–Crippen MR) is 56.9 cm³/mol. The summed E-state index contributed by atoms with van der Waals surface area (Å²) in [6.45, 7) is 0. The fourth-order valence-electron chi connectivity index (χ4n) is 1.21. The first-order valence-corrected chi connectivity index (χ1v) is 4.75. The minimum Gasteiger partial charge on any atom is -0.492 e. The molecule has 0 unspecified atom stereocenters. The summed E-state index contributed by atoms with van der Waals surface area (Å²) in [5, 5.41) is 21.9. The molecule has 8 heteroatoms. The van der Waals surface area contributed by atoms with Crippen molar-refractivity contribution in [1.82, 2.24) is 19.7 Å². The number of ether oxygens (including phenoxy) is 1. The SMILES string of the molecule is COC(=O)c1cnn(-c2ncc(C#N)c(O)n2)c1. The molecule has 0 bridgehead atoms. The zero-order valence-corrected chi connectivity index (χ0v) is 9.23. The third-order valence-corrected chi connectivity index (χ3v) is 2.08. The fraction of sp³-hybridized carbons (Fsp3) is 0.100. The summed E-state index contributed by atoms with van der Waals surface area (Å²) in [4.78, 5) is 18.7. The molecular formula is C10H7N5O3. The predicted octanol–water partition coefficient (Wildman–Crippen LogP) is 0.0262. The second-order valence-corrected chi connectivity index (χ2v) is 3.18. The minimum atomic E-state index is -0.542. The van der Waals surface area contributed by atoms with Crippen LogP contribution in [0.1, 0.15) is 15.9 Å². The molecule has 0 radical (unpaired) electrons. The Labute approximate surface area is 101 Å². The molecule has 0 aliphatic rings. The first-order valence-electron chi connectivity index (χ1n) is 4.75. The van der Waals surface area contributed by atoms with Crippen LogP contribution in [0.25, 0.3) is 5.95 Å². The van der Waals surface area contributed by atoms with Crippen LogP contribution in [0.15, 0.2) is 18.6 Å². The lowest BCUT2D eigenvalue weighted by atomic mass is 10.4. The molecule has 2 aromatic rings. The van der Waals surface area contributed by atoms with Gasteiger partial charge in [-0.05, 0) is 0 Å². The number of carbonyl (C=O) groups excluding carboxylic acids is 1. The van der Waals surface area contributed by atoms with E-state index in [0.29, 0.717) is 0 Å². The van der Waals surface area contributed by atoms with Crippen molar-refractivity contribution in [2.75, 3.05) is 7.11 Å². The molecule has 0 spiro atoms. The molecule has 2 aromatic heterocycles. The molecule has 0 amide bonds. The molecule has 0 atom stereocenters. The number of aromatic hydroxyl groups is 1. The maximum absolute atomic E-state index is 11.2. The average Bonchev–Trinajstić information content (AvgIpc) is 2.87. The van der Waals surface area contributed by atoms with Gasteiger partial charge in [0.15, 0.2) is 0 Å². The van der Waals surface area contributed by atoms with Gasteiger partial charge in [0.05, 0.1) is 25.1 Å². The molecule has 90 valence electrons. The van der Waals surface area contributed by atoms with Gasteiger partial charge >= 0.3 is 5.97 Å². The Hall–Kier alpha value is -2.95. The third kappa shape index (κ3) is 1.97. The van der Waals surface area contributed by atoms with Crippen molar-refractivity contribution in [3.8, 4) is 17.9 Å². The second-order valence-electron chi connectivity index (χ2n) is 3.18. The fourth-order valence-corrected chi connectivity index (χ4v) is 1.21. The highest BCUT2D eigenvalue weighted by Crippen LogP contribution is 2.13. The summed E-state index contributed by atoms with van der Waals surface area (Å²) in [7, 11) is 1.25. The van der Waals surface area contributed by atoms with Gasteiger partial charge in [-0.15, -0.1) is 0 Å². The lowest BCUT2D eigenvalue weighted by Crippen LogP contribution is -2.03. The van der Waals surface area contributed by atoms with Crippen molar-refractivity contribution >= 4 is 5.97 Å². The van der Waals surface area contributed by atoms with E-state index in [1.807, 2.05) is 0 Å². The molecule has 0 aliphatic carbocycles. The Morgan fingerprint density at radius 2 is 2.33 bits per heavy atom. The second kappa shape index (κ2) is 4.50. The Kier molecular flexibility index (Phi) is 2.89. The highest BCUT2D eigenvalue weighted by atomic mass is 16.5. The van der Waals surface area contributed by atoms with Crippen molar-refractivity contribution in [2.45, 2.75) is 0 Å². The normalized spacial score (nSPS) is 9.78. The van der Waals surface area contributed by atoms with Gasteiger partial charge in [-0.3, -0.25) is 0 Å². The van der Waals surface area contributed by atoms with Crippen LogP contribution in [0.5, 0.6) is 5.88 Å². The molecule has 18 heavy (non-hydrogen) atoms. The number of nitriles is 1. The maximum Gasteiger partial charge on any atom is 0.341 e. The van der Waals surface area contributed by atoms with Crippen LogP contribution >= 0.6 is 0 Å². The Morgan fingerprint density at radius 1 is 1.56 bits per heavy atom. The summed E-state index contributed by atoms with van der Waals surface area (Å²) in [5.41, 5.74) is 0.184. The van der Waals surface area contributed by atoms with Crippen LogP contribution in [-0.4, -0.2) is 37.9 Å². The number of carbonyl (C=O) groups is 1. The summed E-state index contributed by atoms with van der Waals surface area (Å²) in [6, 6.07) is 1.73. The molecule has 8 nitrogen and oxygen atoms in total. The molecule has 0 saturated carbocycles. The van der Waals surface area contributed by atoms with Crippen LogP contribution < -0.4 is 0 Å². The Balaban J connectivity index is 2.38. The summed E-state index contributed by atoms with van der Waals surface area (Å²) >= 11 is 0. The Morgan fingerprint density at radius 3 is 2.94 bits per heavy atom. The number of hydrogen-bond donors (Lipinski definition) is 1. The smallest absolute Gasteiger partial charge is 0.341 e. The van der Waals surface area contributed by atoms with E-state index in [1.54, 1.807) is 6.07 Å². The van der Waals surface area contributed by atoms with Gasteiger partial charge in [-0.2, -0.15) is 15.3 Å². The van der Waals surface area contributed by atoms with Crippen LogP contribution in [0.3, 0.4) is 0 Å². The van der Waals surface area contributed by atoms with E-state index in [0.717, 1.165) is 6.20 Å². The van der Waals surface area contributed by atoms with Crippen molar-refractivity contribution in [3.63, 3.8) is 0 Å². The molecule has 2 rings (SSSR count). The largest absolute Gasteiger partial charge is 0.492 e. The summed E-state index contributed by atoms with van der Waals surface area (Å²) < 4.78 is 5.71. The molecular weight excluding hydrogens is 238 g/mol. The molecule has 1 N–H and O–H groups in total. The van der Waals surface area contributed by atoms with E-state index in [9.17, 15) is 9.90 Å². The molecule has 0 aromatic carbocycles. The van der Waals surface area contributed by atoms with Gasteiger partial charge in [-0.1, -0.05) is 0 Å². The van der Waals surface area contributed by atoms with Gasteiger partial charge < -0.3 is 9.84 Å². The van der Waals surface area contributed by atoms with Gasteiger partial charge in [0.1, 0.15) is 11.6 Å². The number of methoxy groups -OCH3 is 1. The van der Waals surface area contributed by atoms with E-state index in [1.165, 1.54) is 24.2 Å². The quantitative estimate of drug-likeness (QED) is 0.742.